The van der Waals surface area contributed by atoms with Gasteiger partial charge in [0.05, 0.1) is 54.1 Å². The van der Waals surface area contributed by atoms with Crippen molar-refractivity contribution in [2.24, 2.45) is 5.41 Å². The van der Waals surface area contributed by atoms with Crippen LogP contribution in [-0.4, -0.2) is 54.1 Å². The largest absolute Gasteiger partial charge is 0.491 e. The summed E-state index contributed by atoms with van der Waals surface area (Å²) < 4.78 is 11.1. The van der Waals surface area contributed by atoms with Crippen molar-refractivity contribution in [3.63, 3.8) is 0 Å². The zero-order valence-corrected chi connectivity index (χ0v) is 17.6. The topological polar surface area (TPSA) is 92.4 Å². The maximum Gasteiger partial charge on any atom is 0.184 e. The van der Waals surface area contributed by atoms with Crippen molar-refractivity contribution in [1.82, 2.24) is 15.0 Å². The second-order valence-corrected chi connectivity index (χ2v) is 8.16. The van der Waals surface area contributed by atoms with E-state index in [-0.39, 0.29) is 11.2 Å². The highest BCUT2D eigenvalue weighted by Crippen LogP contribution is 2.44. The van der Waals surface area contributed by atoms with Crippen LogP contribution in [0.3, 0.4) is 0 Å². The molecule has 2 saturated heterocycles. The summed E-state index contributed by atoms with van der Waals surface area (Å²) in [6.45, 7) is 5.28. The second kappa shape index (κ2) is 7.70. The van der Waals surface area contributed by atoms with Crippen molar-refractivity contribution in [2.45, 2.75) is 13.3 Å². The Morgan fingerprint density at radius 2 is 2.13 bits per heavy atom. The number of ether oxygens (including phenoxy) is 2. The molecule has 0 aromatic carbocycles. The van der Waals surface area contributed by atoms with Crippen LogP contribution in [0.5, 0.6) is 5.75 Å². The lowest BCUT2D eigenvalue weighted by Crippen LogP contribution is -2.66. The Labute approximate surface area is 180 Å². The van der Waals surface area contributed by atoms with Crippen LogP contribution < -0.4 is 15.0 Å². The third-order valence-electron chi connectivity index (χ3n) is 5.93. The maximum absolute atomic E-state index is 12.6. The van der Waals surface area contributed by atoms with E-state index < -0.39 is 0 Å². The Kier molecular flexibility index (Phi) is 4.86. The molecule has 8 heteroatoms. The number of carbonyl (C=O) groups is 1. The molecule has 0 bridgehead atoms. The number of aromatic amines is 1. The van der Waals surface area contributed by atoms with Gasteiger partial charge in [-0.05, 0) is 24.3 Å². The normalized spacial score (nSPS) is 16.5. The first-order valence-electron chi connectivity index (χ1n) is 10.4. The summed E-state index contributed by atoms with van der Waals surface area (Å²) in [5, 5.41) is 3.41. The van der Waals surface area contributed by atoms with E-state index in [2.05, 4.69) is 25.2 Å². The number of Topliss-reactive ketones (excluding diaryl/α,β-unsaturated/α-hetero) is 1. The minimum absolute atomic E-state index is 0.0240. The SMILES string of the molecule is CCC(=O)c1cnc(-c2ccc[nH]2)cc1Nc1ccnc(N2CC3(COC3)C2)c1OC. The number of rotatable bonds is 7. The van der Waals surface area contributed by atoms with Crippen molar-refractivity contribution in [3.05, 3.63) is 48.4 Å². The summed E-state index contributed by atoms with van der Waals surface area (Å²) in [4.78, 5) is 27.0. The molecule has 2 N–H and O–H groups in total. The average molecular weight is 419 g/mol. The van der Waals surface area contributed by atoms with Gasteiger partial charge in [0, 0.05) is 38.1 Å². The van der Waals surface area contributed by atoms with E-state index in [1.165, 1.54) is 0 Å². The summed E-state index contributed by atoms with van der Waals surface area (Å²) >= 11 is 0. The van der Waals surface area contributed by atoms with Gasteiger partial charge in [0.25, 0.3) is 0 Å². The monoisotopic (exact) mass is 419 g/mol. The number of hydrogen-bond acceptors (Lipinski definition) is 7. The van der Waals surface area contributed by atoms with Crippen molar-refractivity contribution in [1.29, 1.82) is 0 Å². The number of pyridine rings is 2. The highest BCUT2D eigenvalue weighted by molar-refractivity contribution is 6.02. The van der Waals surface area contributed by atoms with E-state index in [0.29, 0.717) is 23.4 Å². The van der Waals surface area contributed by atoms with Gasteiger partial charge in [-0.3, -0.25) is 9.78 Å². The van der Waals surface area contributed by atoms with Crippen LogP contribution >= 0.6 is 0 Å². The predicted molar refractivity (Wildman–Crippen MR) is 118 cm³/mol. The standard InChI is InChI=1S/C23H25N5O3/c1-3-20(29)15-10-26-19(16-5-4-7-24-16)9-18(15)27-17-6-8-25-22(21(17)30-2)28-11-23(12-28)13-31-14-23/h4-10,24H,3,11-14H2,1-2H3,(H,25,26,27). The molecule has 5 rings (SSSR count). The minimum atomic E-state index is 0.0240. The number of nitrogens with zero attached hydrogens (tertiary/aromatic N) is 3. The molecule has 31 heavy (non-hydrogen) atoms. The predicted octanol–water partition coefficient (Wildman–Crippen LogP) is 3.65. The highest BCUT2D eigenvalue weighted by Gasteiger charge is 2.50. The maximum atomic E-state index is 12.6. The molecule has 2 aliphatic rings. The first-order valence-corrected chi connectivity index (χ1v) is 10.4. The fourth-order valence-electron chi connectivity index (χ4n) is 4.20. The Balaban J connectivity index is 1.49. The van der Waals surface area contributed by atoms with Crippen LogP contribution in [0.2, 0.25) is 0 Å². The fourth-order valence-corrected chi connectivity index (χ4v) is 4.20. The molecular formula is C23H25N5O3. The summed E-state index contributed by atoms with van der Waals surface area (Å²) in [6, 6.07) is 7.61. The van der Waals surface area contributed by atoms with Crippen molar-refractivity contribution >= 4 is 23.0 Å². The fraction of sp³-hybridized carbons (Fsp3) is 0.348. The molecule has 160 valence electrons. The van der Waals surface area contributed by atoms with E-state index in [1.807, 2.05) is 37.4 Å². The molecule has 0 radical (unpaired) electrons. The summed E-state index contributed by atoms with van der Waals surface area (Å²) in [5.41, 5.74) is 3.90. The van der Waals surface area contributed by atoms with Crippen LogP contribution in [0.25, 0.3) is 11.4 Å². The molecule has 1 spiro atoms. The number of nitrogens with one attached hydrogen (secondary N) is 2. The zero-order chi connectivity index (χ0) is 21.4. The first kappa shape index (κ1) is 19.6. The molecule has 3 aromatic rings. The molecule has 0 atom stereocenters. The molecule has 0 saturated carbocycles. The van der Waals surface area contributed by atoms with Crippen molar-refractivity contribution < 1.29 is 14.3 Å². The van der Waals surface area contributed by atoms with Crippen LogP contribution in [0.1, 0.15) is 23.7 Å². The number of anilines is 3. The summed E-state index contributed by atoms with van der Waals surface area (Å²) in [7, 11) is 1.64. The molecule has 0 aliphatic carbocycles. The molecule has 0 amide bonds. The van der Waals surface area contributed by atoms with Crippen LogP contribution in [-0.2, 0) is 4.74 Å². The minimum Gasteiger partial charge on any atom is -0.491 e. The van der Waals surface area contributed by atoms with Crippen LogP contribution in [0.4, 0.5) is 17.2 Å². The molecule has 2 fully saturated rings. The second-order valence-electron chi connectivity index (χ2n) is 8.16. The molecule has 0 unspecified atom stereocenters. The molecule has 2 aliphatic heterocycles. The Morgan fingerprint density at radius 1 is 1.29 bits per heavy atom. The summed E-state index contributed by atoms with van der Waals surface area (Å²) in [5.74, 6) is 1.48. The van der Waals surface area contributed by atoms with Gasteiger partial charge in [-0.25, -0.2) is 4.98 Å². The third kappa shape index (κ3) is 3.42. The molecular weight excluding hydrogens is 394 g/mol. The Hall–Kier alpha value is -3.39. The van der Waals surface area contributed by atoms with E-state index in [9.17, 15) is 4.79 Å². The van der Waals surface area contributed by atoms with E-state index in [4.69, 9.17) is 9.47 Å². The lowest BCUT2D eigenvalue weighted by atomic mass is 9.78. The van der Waals surface area contributed by atoms with Gasteiger partial charge < -0.3 is 24.7 Å². The van der Waals surface area contributed by atoms with E-state index >= 15 is 0 Å². The van der Waals surface area contributed by atoms with Gasteiger partial charge in [0.15, 0.2) is 17.4 Å². The Bertz CT molecular complexity index is 1100. The van der Waals surface area contributed by atoms with Gasteiger partial charge >= 0.3 is 0 Å². The average Bonchev–Trinajstić information content (AvgIpc) is 3.26. The van der Waals surface area contributed by atoms with Crippen LogP contribution in [0, 0.1) is 5.41 Å². The number of hydrogen-bond donors (Lipinski definition) is 2. The third-order valence-corrected chi connectivity index (χ3v) is 5.93. The van der Waals surface area contributed by atoms with Crippen molar-refractivity contribution in [2.75, 3.05) is 43.6 Å². The highest BCUT2D eigenvalue weighted by atomic mass is 16.5. The van der Waals surface area contributed by atoms with E-state index in [1.54, 1.807) is 19.5 Å². The number of carbonyl (C=O) groups excluding carboxylic acids is 1. The number of methoxy groups -OCH3 is 1. The molecule has 8 nitrogen and oxygen atoms in total. The zero-order valence-electron chi connectivity index (χ0n) is 17.6. The quantitative estimate of drug-likeness (QED) is 0.565. The van der Waals surface area contributed by atoms with Gasteiger partial charge in [-0.1, -0.05) is 6.92 Å². The number of ketones is 1. The van der Waals surface area contributed by atoms with Gasteiger partial charge in [-0.2, -0.15) is 0 Å². The lowest BCUT2D eigenvalue weighted by Gasteiger charge is -2.55. The van der Waals surface area contributed by atoms with E-state index in [0.717, 1.165) is 49.2 Å². The molecule has 5 heterocycles. The first-order chi connectivity index (χ1) is 15.1. The van der Waals surface area contributed by atoms with Gasteiger partial charge in [0.2, 0.25) is 0 Å². The lowest BCUT2D eigenvalue weighted by molar-refractivity contribution is -0.127. The van der Waals surface area contributed by atoms with Crippen LogP contribution in [0.15, 0.2) is 42.9 Å². The number of H-pyrrole nitrogens is 1. The summed E-state index contributed by atoms with van der Waals surface area (Å²) in [6.07, 6.45) is 5.64. The van der Waals surface area contributed by atoms with Gasteiger partial charge in [-0.15, -0.1) is 0 Å². The molecule has 3 aromatic heterocycles. The smallest absolute Gasteiger partial charge is 0.184 e. The Morgan fingerprint density at radius 3 is 2.77 bits per heavy atom. The van der Waals surface area contributed by atoms with Crippen molar-refractivity contribution in [3.8, 4) is 17.1 Å². The van der Waals surface area contributed by atoms with Gasteiger partial charge in [0.1, 0.15) is 0 Å². The number of aromatic nitrogens is 3.